The molecule has 0 heterocycles. The summed E-state index contributed by atoms with van der Waals surface area (Å²) >= 11 is 5.82. The Balaban J connectivity index is 2.88. The predicted octanol–water partition coefficient (Wildman–Crippen LogP) is 2.16. The molecule has 0 amide bonds. The van der Waals surface area contributed by atoms with Crippen LogP contribution in [0.15, 0.2) is 23.3 Å². The van der Waals surface area contributed by atoms with Crippen LogP contribution < -0.4 is 10.2 Å². The summed E-state index contributed by atoms with van der Waals surface area (Å²) in [5, 5.41) is 21.0. The van der Waals surface area contributed by atoms with Crippen LogP contribution in [0.1, 0.15) is 0 Å². The van der Waals surface area contributed by atoms with E-state index in [4.69, 9.17) is 26.9 Å². The third kappa shape index (κ3) is 2.88. The standard InChI is InChI=1S/C10H7ClN4O/c1-16-10-4-7(2-3-9(10)11)14-15-8(5-12)6-13/h2-4,14H,1H3. The van der Waals surface area contributed by atoms with Gasteiger partial charge in [-0.1, -0.05) is 11.6 Å². The van der Waals surface area contributed by atoms with Gasteiger partial charge in [-0.3, -0.25) is 5.43 Å². The zero-order chi connectivity index (χ0) is 12.0. The highest BCUT2D eigenvalue weighted by Crippen LogP contribution is 2.27. The lowest BCUT2D eigenvalue weighted by Crippen LogP contribution is -1.96. The molecule has 1 N–H and O–H groups in total. The van der Waals surface area contributed by atoms with Gasteiger partial charge >= 0.3 is 0 Å². The first-order valence-corrected chi connectivity index (χ1v) is 4.56. The summed E-state index contributed by atoms with van der Waals surface area (Å²) in [4.78, 5) is 0. The SMILES string of the molecule is COc1cc(NN=C(C#N)C#N)ccc1Cl. The summed E-state index contributed by atoms with van der Waals surface area (Å²) in [7, 11) is 1.49. The normalized spacial score (nSPS) is 8.50. The summed E-state index contributed by atoms with van der Waals surface area (Å²) in [5.41, 5.74) is 2.87. The van der Waals surface area contributed by atoms with Crippen molar-refractivity contribution in [2.75, 3.05) is 12.5 Å². The van der Waals surface area contributed by atoms with E-state index in [1.54, 1.807) is 30.3 Å². The minimum Gasteiger partial charge on any atom is -0.495 e. The average Bonchev–Trinajstić information content (AvgIpc) is 2.32. The molecule has 1 rings (SSSR count). The Hall–Kier alpha value is -2.24. The molecule has 6 heteroatoms. The van der Waals surface area contributed by atoms with Crippen molar-refractivity contribution in [3.05, 3.63) is 23.2 Å². The molecule has 5 nitrogen and oxygen atoms in total. The summed E-state index contributed by atoms with van der Waals surface area (Å²) < 4.78 is 4.99. The number of nitrogens with one attached hydrogen (secondary N) is 1. The van der Waals surface area contributed by atoms with Gasteiger partial charge in [0.25, 0.3) is 0 Å². The molecule has 1 aromatic rings. The van der Waals surface area contributed by atoms with E-state index in [0.717, 1.165) is 0 Å². The third-order valence-electron chi connectivity index (χ3n) is 1.66. The van der Waals surface area contributed by atoms with Gasteiger partial charge in [0.15, 0.2) is 0 Å². The summed E-state index contributed by atoms with van der Waals surface area (Å²) in [6.45, 7) is 0. The molecule has 16 heavy (non-hydrogen) atoms. The van der Waals surface area contributed by atoms with E-state index in [-0.39, 0.29) is 5.71 Å². The largest absolute Gasteiger partial charge is 0.495 e. The summed E-state index contributed by atoms with van der Waals surface area (Å²) in [5.74, 6) is 0.484. The van der Waals surface area contributed by atoms with E-state index in [1.807, 2.05) is 0 Å². The van der Waals surface area contributed by atoms with Crippen molar-refractivity contribution in [3.63, 3.8) is 0 Å². The number of ether oxygens (including phenoxy) is 1. The van der Waals surface area contributed by atoms with Crippen molar-refractivity contribution >= 4 is 23.0 Å². The van der Waals surface area contributed by atoms with Gasteiger partial charge in [0, 0.05) is 6.07 Å². The molecule has 80 valence electrons. The molecule has 0 fully saturated rings. The molecule has 0 aromatic heterocycles. The molecule has 0 saturated carbocycles. The molecule has 0 atom stereocenters. The predicted molar refractivity (Wildman–Crippen MR) is 60.3 cm³/mol. The van der Waals surface area contributed by atoms with Crippen LogP contribution >= 0.6 is 11.6 Å². The zero-order valence-corrected chi connectivity index (χ0v) is 9.12. The van der Waals surface area contributed by atoms with Gasteiger partial charge in [-0.25, -0.2) is 0 Å². The fourth-order valence-electron chi connectivity index (χ4n) is 0.925. The lowest BCUT2D eigenvalue weighted by Gasteiger charge is -2.05. The number of nitrogens with zero attached hydrogens (tertiary/aromatic N) is 3. The smallest absolute Gasteiger partial charge is 0.237 e. The molecular formula is C10H7ClN4O. The van der Waals surface area contributed by atoms with Crippen LogP contribution in [0.25, 0.3) is 0 Å². The molecular weight excluding hydrogens is 228 g/mol. The Bertz CT molecular complexity index is 483. The van der Waals surface area contributed by atoms with Gasteiger partial charge in [0.05, 0.1) is 17.8 Å². The van der Waals surface area contributed by atoms with Crippen LogP contribution in [0.4, 0.5) is 5.69 Å². The first-order chi connectivity index (χ1) is 7.71. The number of benzene rings is 1. The molecule has 0 spiro atoms. The maximum Gasteiger partial charge on any atom is 0.237 e. The van der Waals surface area contributed by atoms with Gasteiger partial charge in [0.1, 0.15) is 17.9 Å². The number of hydrazone groups is 1. The number of methoxy groups -OCH3 is 1. The molecule has 0 saturated heterocycles. The molecule has 0 bridgehead atoms. The number of rotatable bonds is 3. The number of hydrogen-bond acceptors (Lipinski definition) is 5. The van der Waals surface area contributed by atoms with E-state index in [1.165, 1.54) is 7.11 Å². The van der Waals surface area contributed by atoms with Gasteiger partial charge in [-0.15, -0.1) is 0 Å². The second kappa shape index (κ2) is 5.59. The Labute approximate surface area is 97.5 Å². The van der Waals surface area contributed by atoms with E-state index in [2.05, 4.69) is 10.5 Å². The highest BCUT2D eigenvalue weighted by atomic mass is 35.5. The lowest BCUT2D eigenvalue weighted by molar-refractivity contribution is 0.415. The molecule has 0 unspecified atom stereocenters. The van der Waals surface area contributed by atoms with Gasteiger partial charge in [-0.2, -0.15) is 15.6 Å². The van der Waals surface area contributed by atoms with Crippen molar-refractivity contribution in [2.24, 2.45) is 5.10 Å². The third-order valence-corrected chi connectivity index (χ3v) is 1.97. The van der Waals surface area contributed by atoms with Crippen LogP contribution in [-0.2, 0) is 0 Å². The monoisotopic (exact) mass is 234 g/mol. The molecule has 0 radical (unpaired) electrons. The Morgan fingerprint density at radius 1 is 1.44 bits per heavy atom. The molecule has 1 aromatic carbocycles. The highest BCUT2D eigenvalue weighted by Gasteiger charge is 2.01. The maximum atomic E-state index is 8.46. The van der Waals surface area contributed by atoms with Crippen LogP contribution in [0.2, 0.25) is 5.02 Å². The van der Waals surface area contributed by atoms with Crippen LogP contribution in [-0.4, -0.2) is 12.8 Å². The zero-order valence-electron chi connectivity index (χ0n) is 8.36. The molecule has 0 aliphatic carbocycles. The Morgan fingerprint density at radius 3 is 2.69 bits per heavy atom. The van der Waals surface area contributed by atoms with Crippen LogP contribution in [0, 0.1) is 22.7 Å². The number of nitriles is 2. The Kier molecular flexibility index (Phi) is 4.14. The minimum atomic E-state index is -0.256. The first kappa shape index (κ1) is 11.8. The van der Waals surface area contributed by atoms with Gasteiger partial charge in [-0.05, 0) is 12.1 Å². The quantitative estimate of drug-likeness (QED) is 0.642. The lowest BCUT2D eigenvalue weighted by atomic mass is 10.3. The highest BCUT2D eigenvalue weighted by molar-refractivity contribution is 6.32. The van der Waals surface area contributed by atoms with E-state index in [9.17, 15) is 0 Å². The summed E-state index contributed by atoms with van der Waals surface area (Å²) in [6.07, 6.45) is 0. The van der Waals surface area contributed by atoms with Gasteiger partial charge in [0.2, 0.25) is 5.71 Å². The average molecular weight is 235 g/mol. The van der Waals surface area contributed by atoms with Crippen molar-refractivity contribution in [3.8, 4) is 17.9 Å². The molecule has 0 aliphatic rings. The van der Waals surface area contributed by atoms with Crippen molar-refractivity contribution < 1.29 is 4.74 Å². The van der Waals surface area contributed by atoms with Crippen molar-refractivity contribution in [1.82, 2.24) is 0 Å². The number of halogens is 1. The fourth-order valence-corrected chi connectivity index (χ4v) is 1.12. The first-order valence-electron chi connectivity index (χ1n) is 4.18. The van der Waals surface area contributed by atoms with E-state index >= 15 is 0 Å². The molecule has 0 aliphatic heterocycles. The Morgan fingerprint density at radius 2 is 2.12 bits per heavy atom. The minimum absolute atomic E-state index is 0.256. The topological polar surface area (TPSA) is 81.2 Å². The van der Waals surface area contributed by atoms with Crippen LogP contribution in [0.3, 0.4) is 0 Å². The maximum absolute atomic E-state index is 8.46. The summed E-state index contributed by atoms with van der Waals surface area (Å²) in [6, 6.07) is 8.15. The number of anilines is 1. The second-order valence-corrected chi connectivity index (χ2v) is 3.05. The van der Waals surface area contributed by atoms with Crippen LogP contribution in [0.5, 0.6) is 5.75 Å². The van der Waals surface area contributed by atoms with Crippen molar-refractivity contribution in [1.29, 1.82) is 10.5 Å². The second-order valence-electron chi connectivity index (χ2n) is 2.65. The number of hydrogen-bond donors (Lipinski definition) is 1. The van der Waals surface area contributed by atoms with E-state index in [0.29, 0.717) is 16.5 Å². The fraction of sp³-hybridized carbons (Fsp3) is 0.100. The van der Waals surface area contributed by atoms with Crippen molar-refractivity contribution in [2.45, 2.75) is 0 Å². The van der Waals surface area contributed by atoms with Gasteiger partial charge < -0.3 is 4.74 Å². The van der Waals surface area contributed by atoms with E-state index < -0.39 is 0 Å².